The fourth-order valence-electron chi connectivity index (χ4n) is 4.36. The number of nitrogens with zero attached hydrogens (tertiary/aromatic N) is 1. The highest BCUT2D eigenvalue weighted by Gasteiger charge is 2.35. The van der Waals surface area contributed by atoms with Crippen molar-refractivity contribution < 1.29 is 14.6 Å². The van der Waals surface area contributed by atoms with Gasteiger partial charge in [-0.05, 0) is 53.8 Å². The number of carboxylic acid groups (broad SMARTS) is 1. The molecule has 1 aliphatic heterocycles. The Morgan fingerprint density at radius 2 is 1.57 bits per heavy atom. The second-order valence-electron chi connectivity index (χ2n) is 7.93. The molecule has 4 heteroatoms. The van der Waals surface area contributed by atoms with E-state index in [1.807, 2.05) is 25.3 Å². The summed E-state index contributed by atoms with van der Waals surface area (Å²) in [6.45, 7) is 1.77. The van der Waals surface area contributed by atoms with Crippen LogP contribution in [0.2, 0.25) is 0 Å². The van der Waals surface area contributed by atoms with Crippen molar-refractivity contribution in [2.75, 3.05) is 25.1 Å². The van der Waals surface area contributed by atoms with E-state index in [2.05, 4.69) is 53.4 Å². The van der Waals surface area contributed by atoms with E-state index in [1.165, 1.54) is 16.7 Å². The van der Waals surface area contributed by atoms with Crippen LogP contribution < -0.4 is 4.90 Å². The van der Waals surface area contributed by atoms with Gasteiger partial charge in [0.05, 0.1) is 11.2 Å². The van der Waals surface area contributed by atoms with Gasteiger partial charge in [0.25, 0.3) is 0 Å². The smallest absolute Gasteiger partial charge is 0.335 e. The molecule has 154 valence electrons. The maximum Gasteiger partial charge on any atom is 0.335 e. The van der Waals surface area contributed by atoms with Gasteiger partial charge in [-0.25, -0.2) is 4.79 Å². The number of carbonyl (C=O) groups is 1. The van der Waals surface area contributed by atoms with E-state index in [0.29, 0.717) is 5.56 Å². The van der Waals surface area contributed by atoms with E-state index in [-0.39, 0.29) is 5.60 Å². The summed E-state index contributed by atoms with van der Waals surface area (Å²) in [5.74, 6) is -0.893. The zero-order valence-corrected chi connectivity index (χ0v) is 17.3. The fraction of sp³-hybridized carbons (Fsp3) is 0.269. The lowest BCUT2D eigenvalue weighted by Gasteiger charge is -2.42. The molecule has 3 aromatic rings. The predicted molar refractivity (Wildman–Crippen MR) is 120 cm³/mol. The van der Waals surface area contributed by atoms with E-state index in [4.69, 9.17) is 9.84 Å². The van der Waals surface area contributed by atoms with Gasteiger partial charge in [-0.15, -0.1) is 0 Å². The van der Waals surface area contributed by atoms with Crippen LogP contribution in [0, 0.1) is 0 Å². The molecule has 0 radical (unpaired) electrons. The number of aromatic carboxylic acids is 1. The van der Waals surface area contributed by atoms with Crippen molar-refractivity contribution in [1.29, 1.82) is 0 Å². The first kappa shape index (κ1) is 20.2. The molecular formula is C26H27NO3. The largest absolute Gasteiger partial charge is 0.478 e. The monoisotopic (exact) mass is 401 g/mol. The van der Waals surface area contributed by atoms with Gasteiger partial charge < -0.3 is 14.7 Å². The van der Waals surface area contributed by atoms with Crippen LogP contribution in [0.15, 0.2) is 78.9 Å². The van der Waals surface area contributed by atoms with Gasteiger partial charge >= 0.3 is 5.97 Å². The molecule has 30 heavy (non-hydrogen) atoms. The van der Waals surface area contributed by atoms with Crippen LogP contribution in [-0.4, -0.2) is 36.9 Å². The number of ether oxygens (including phenoxy) is 1. The second-order valence-corrected chi connectivity index (χ2v) is 7.93. The number of piperidine rings is 1. The van der Waals surface area contributed by atoms with Gasteiger partial charge in [-0.1, -0.05) is 54.6 Å². The van der Waals surface area contributed by atoms with E-state index < -0.39 is 5.97 Å². The van der Waals surface area contributed by atoms with Crippen LogP contribution in [0.1, 0.15) is 28.8 Å². The van der Waals surface area contributed by atoms with Crippen LogP contribution in [-0.2, 0) is 11.2 Å². The number of benzene rings is 3. The minimum atomic E-state index is -0.893. The Labute approximate surface area is 177 Å². The van der Waals surface area contributed by atoms with Crippen LogP contribution in [0.5, 0.6) is 0 Å². The Morgan fingerprint density at radius 3 is 2.20 bits per heavy atom. The third-order valence-electron chi connectivity index (χ3n) is 6.20. The summed E-state index contributed by atoms with van der Waals surface area (Å²) >= 11 is 0. The fourth-order valence-corrected chi connectivity index (χ4v) is 4.36. The number of rotatable bonds is 6. The van der Waals surface area contributed by atoms with E-state index >= 15 is 0 Å². The minimum Gasteiger partial charge on any atom is -0.478 e. The van der Waals surface area contributed by atoms with Crippen LogP contribution in [0.4, 0.5) is 5.69 Å². The molecule has 0 spiro atoms. The van der Waals surface area contributed by atoms with Gasteiger partial charge in [0.1, 0.15) is 0 Å². The highest BCUT2D eigenvalue weighted by atomic mass is 16.5. The van der Waals surface area contributed by atoms with Crippen LogP contribution >= 0.6 is 0 Å². The van der Waals surface area contributed by atoms with Crippen LogP contribution in [0.3, 0.4) is 0 Å². The van der Waals surface area contributed by atoms with Crippen molar-refractivity contribution in [3.05, 3.63) is 90.0 Å². The summed E-state index contributed by atoms with van der Waals surface area (Å²) < 4.78 is 6.10. The van der Waals surface area contributed by atoms with Crippen molar-refractivity contribution in [2.24, 2.45) is 0 Å². The normalized spacial score (nSPS) is 15.7. The molecule has 1 fully saturated rings. The van der Waals surface area contributed by atoms with Gasteiger partial charge in [0, 0.05) is 32.3 Å². The molecule has 3 aromatic carbocycles. The molecule has 0 saturated carbocycles. The lowest BCUT2D eigenvalue weighted by atomic mass is 9.82. The summed E-state index contributed by atoms with van der Waals surface area (Å²) in [7, 11) is 1.82. The molecule has 4 rings (SSSR count). The average Bonchev–Trinajstić information content (AvgIpc) is 2.80. The molecule has 1 heterocycles. The minimum absolute atomic E-state index is 0.192. The third kappa shape index (κ3) is 4.24. The average molecular weight is 402 g/mol. The Bertz CT molecular complexity index is 990. The van der Waals surface area contributed by atoms with Crippen molar-refractivity contribution >= 4 is 11.7 Å². The number of methoxy groups -OCH3 is 1. The Morgan fingerprint density at radius 1 is 0.933 bits per heavy atom. The zero-order valence-electron chi connectivity index (χ0n) is 17.3. The Hall–Kier alpha value is -3.11. The maximum absolute atomic E-state index is 11.1. The molecule has 1 saturated heterocycles. The molecule has 1 N–H and O–H groups in total. The lowest BCUT2D eigenvalue weighted by Crippen LogP contribution is -2.47. The summed E-state index contributed by atoms with van der Waals surface area (Å²) in [5.41, 5.74) is 5.00. The number of hydrogen-bond donors (Lipinski definition) is 1. The summed E-state index contributed by atoms with van der Waals surface area (Å²) in [4.78, 5) is 13.4. The Kier molecular flexibility index (Phi) is 5.86. The molecule has 0 aromatic heterocycles. The highest BCUT2D eigenvalue weighted by Crippen LogP contribution is 2.35. The number of anilines is 1. The molecule has 0 amide bonds. The van der Waals surface area contributed by atoms with Gasteiger partial charge in [-0.2, -0.15) is 0 Å². The quantitative estimate of drug-likeness (QED) is 0.611. The predicted octanol–water partition coefficient (Wildman–Crippen LogP) is 5.28. The zero-order chi connectivity index (χ0) is 21.0. The van der Waals surface area contributed by atoms with Crippen molar-refractivity contribution in [3.63, 3.8) is 0 Å². The third-order valence-corrected chi connectivity index (χ3v) is 6.20. The molecule has 0 atom stereocenters. The first-order valence-electron chi connectivity index (χ1n) is 10.4. The van der Waals surface area contributed by atoms with E-state index in [1.54, 1.807) is 12.1 Å². The molecule has 0 aliphatic carbocycles. The molecule has 0 unspecified atom stereocenters. The first-order chi connectivity index (χ1) is 14.6. The molecule has 0 bridgehead atoms. The van der Waals surface area contributed by atoms with Crippen molar-refractivity contribution in [1.82, 2.24) is 0 Å². The standard InChI is InChI=1S/C26H27NO3/c1-30-26(19-22-9-5-6-10-24(22)20-7-3-2-4-8-20)15-17-27(18-16-26)23-13-11-21(12-14-23)25(28)29/h2-14H,15-19H2,1H3,(H,28,29). The van der Waals surface area contributed by atoms with Gasteiger partial charge in [0.2, 0.25) is 0 Å². The summed E-state index contributed by atoms with van der Waals surface area (Å²) in [5, 5.41) is 9.10. The van der Waals surface area contributed by atoms with E-state index in [9.17, 15) is 4.79 Å². The molecular weight excluding hydrogens is 374 g/mol. The number of hydrogen-bond acceptors (Lipinski definition) is 3. The Balaban J connectivity index is 1.50. The first-order valence-corrected chi connectivity index (χ1v) is 10.4. The van der Waals surface area contributed by atoms with Crippen molar-refractivity contribution in [3.8, 4) is 11.1 Å². The van der Waals surface area contributed by atoms with E-state index in [0.717, 1.165) is 38.0 Å². The SMILES string of the molecule is COC1(Cc2ccccc2-c2ccccc2)CCN(c2ccc(C(=O)O)cc2)CC1. The van der Waals surface area contributed by atoms with Crippen molar-refractivity contribution in [2.45, 2.75) is 24.9 Å². The highest BCUT2D eigenvalue weighted by molar-refractivity contribution is 5.88. The second kappa shape index (κ2) is 8.72. The topological polar surface area (TPSA) is 49.8 Å². The van der Waals surface area contributed by atoms with Crippen LogP contribution in [0.25, 0.3) is 11.1 Å². The molecule has 4 nitrogen and oxygen atoms in total. The molecule has 1 aliphatic rings. The number of carboxylic acids is 1. The summed E-state index contributed by atoms with van der Waals surface area (Å²) in [6.07, 6.45) is 2.72. The van der Waals surface area contributed by atoms with Gasteiger partial charge in [-0.3, -0.25) is 0 Å². The maximum atomic E-state index is 11.1. The summed E-state index contributed by atoms with van der Waals surface area (Å²) in [6, 6.07) is 26.2. The lowest BCUT2D eigenvalue weighted by molar-refractivity contribution is -0.0288. The van der Waals surface area contributed by atoms with Gasteiger partial charge in [0.15, 0.2) is 0 Å².